The third-order valence-electron chi connectivity index (χ3n) is 1.47. The number of thiazole rings is 1. The lowest BCUT2D eigenvalue weighted by Crippen LogP contribution is -2.23. The Morgan fingerprint density at radius 3 is 3.15 bits per heavy atom. The number of aromatic nitrogens is 1. The van der Waals surface area contributed by atoms with Gasteiger partial charge in [-0.05, 0) is 6.92 Å². The number of nitrogens with one attached hydrogen (secondary N) is 1. The molecule has 0 radical (unpaired) electrons. The molecule has 0 unspecified atom stereocenters. The van der Waals surface area contributed by atoms with E-state index in [1.165, 1.54) is 11.3 Å². The highest BCUT2D eigenvalue weighted by Crippen LogP contribution is 2.11. The molecule has 5 heteroatoms. The highest BCUT2D eigenvalue weighted by atomic mass is 32.1. The van der Waals surface area contributed by atoms with E-state index in [1.807, 2.05) is 6.07 Å². The van der Waals surface area contributed by atoms with E-state index in [-0.39, 0.29) is 5.91 Å². The molecule has 1 amide bonds. The number of hydrogen-bond acceptors (Lipinski definition) is 4. The van der Waals surface area contributed by atoms with Crippen LogP contribution < -0.4 is 5.32 Å². The Balaban J connectivity index is 2.50. The molecule has 1 N–H and O–H groups in total. The number of carbonyl (C=O) groups is 1. The zero-order valence-corrected chi connectivity index (χ0v) is 8.02. The minimum Gasteiger partial charge on any atom is -0.350 e. The Morgan fingerprint density at radius 2 is 2.62 bits per heavy atom. The second kappa shape index (κ2) is 4.58. The normalized spacial score (nSPS) is 9.23. The van der Waals surface area contributed by atoms with Gasteiger partial charge < -0.3 is 5.32 Å². The fourth-order valence-corrected chi connectivity index (χ4v) is 1.55. The first-order valence-electron chi connectivity index (χ1n) is 3.81. The monoisotopic (exact) mass is 195 g/mol. The predicted molar refractivity (Wildman–Crippen MR) is 49.4 cm³/mol. The van der Waals surface area contributed by atoms with Gasteiger partial charge in [-0.3, -0.25) is 4.79 Å². The molecule has 0 saturated heterocycles. The van der Waals surface area contributed by atoms with Crippen LogP contribution in [0.25, 0.3) is 0 Å². The van der Waals surface area contributed by atoms with E-state index in [1.54, 1.807) is 12.4 Å². The fourth-order valence-electron chi connectivity index (χ4n) is 0.832. The smallest absolute Gasteiger partial charge is 0.263 e. The number of carbonyl (C=O) groups excluding carboxylic acids is 1. The molecule has 0 fully saturated rings. The van der Waals surface area contributed by atoms with Crippen LogP contribution in [0, 0.1) is 18.3 Å². The third kappa shape index (κ3) is 2.53. The van der Waals surface area contributed by atoms with Gasteiger partial charge in [-0.2, -0.15) is 5.26 Å². The summed E-state index contributed by atoms with van der Waals surface area (Å²) in [6.07, 6.45) is 0.337. The van der Waals surface area contributed by atoms with Crippen molar-refractivity contribution in [3.8, 4) is 6.07 Å². The molecule has 1 aromatic rings. The Hall–Kier alpha value is -1.41. The first-order valence-corrected chi connectivity index (χ1v) is 4.69. The van der Waals surface area contributed by atoms with Gasteiger partial charge >= 0.3 is 0 Å². The molecule has 0 aromatic carbocycles. The summed E-state index contributed by atoms with van der Waals surface area (Å²) in [5.41, 5.74) is 2.37. The Bertz CT molecular complexity index is 339. The van der Waals surface area contributed by atoms with E-state index in [0.29, 0.717) is 17.8 Å². The molecule has 68 valence electrons. The molecule has 0 aliphatic heterocycles. The van der Waals surface area contributed by atoms with Crippen LogP contribution >= 0.6 is 11.3 Å². The van der Waals surface area contributed by atoms with Crippen LogP contribution in [0.15, 0.2) is 5.51 Å². The molecule has 0 atom stereocenters. The zero-order valence-electron chi connectivity index (χ0n) is 7.20. The van der Waals surface area contributed by atoms with Crippen molar-refractivity contribution in [3.05, 3.63) is 16.1 Å². The van der Waals surface area contributed by atoms with Crippen LogP contribution in [-0.2, 0) is 0 Å². The Morgan fingerprint density at radius 1 is 1.85 bits per heavy atom. The van der Waals surface area contributed by atoms with Crippen molar-refractivity contribution in [2.75, 3.05) is 6.54 Å². The summed E-state index contributed by atoms with van der Waals surface area (Å²) in [6.45, 7) is 2.18. The first kappa shape index (κ1) is 9.68. The van der Waals surface area contributed by atoms with Crippen molar-refractivity contribution in [1.82, 2.24) is 10.3 Å². The van der Waals surface area contributed by atoms with Gasteiger partial charge in [0.05, 0.1) is 23.7 Å². The number of amides is 1. The van der Waals surface area contributed by atoms with E-state index in [0.717, 1.165) is 5.69 Å². The quantitative estimate of drug-likeness (QED) is 0.734. The predicted octanol–water partition coefficient (Wildman–Crippen LogP) is 1.09. The molecule has 0 aliphatic carbocycles. The van der Waals surface area contributed by atoms with Gasteiger partial charge in [0.2, 0.25) is 0 Å². The fraction of sp³-hybridized carbons (Fsp3) is 0.375. The SMILES string of the molecule is Cc1ncsc1C(=O)NCCC#N. The maximum Gasteiger partial charge on any atom is 0.263 e. The highest BCUT2D eigenvalue weighted by Gasteiger charge is 2.09. The number of rotatable bonds is 3. The lowest BCUT2D eigenvalue weighted by molar-refractivity contribution is 0.0958. The number of aryl methyl sites for hydroxylation is 1. The van der Waals surface area contributed by atoms with Gasteiger partial charge in [0.25, 0.3) is 5.91 Å². The summed E-state index contributed by atoms with van der Waals surface area (Å²) < 4.78 is 0. The molecule has 13 heavy (non-hydrogen) atoms. The molecule has 0 saturated carbocycles. The summed E-state index contributed by atoms with van der Waals surface area (Å²) in [7, 11) is 0. The zero-order chi connectivity index (χ0) is 9.68. The van der Waals surface area contributed by atoms with E-state index in [9.17, 15) is 4.79 Å². The maximum atomic E-state index is 11.4. The Labute approximate surface area is 80.2 Å². The third-order valence-corrected chi connectivity index (χ3v) is 2.40. The van der Waals surface area contributed by atoms with Crippen LogP contribution in [0.4, 0.5) is 0 Å². The maximum absolute atomic E-state index is 11.4. The topological polar surface area (TPSA) is 65.8 Å². The number of nitrogens with zero attached hydrogens (tertiary/aromatic N) is 2. The van der Waals surface area contributed by atoms with Crippen LogP contribution in [0.3, 0.4) is 0 Å². The summed E-state index contributed by atoms with van der Waals surface area (Å²) in [6, 6.07) is 1.96. The number of nitriles is 1. The highest BCUT2D eigenvalue weighted by molar-refractivity contribution is 7.11. The molecular weight excluding hydrogens is 186 g/mol. The average molecular weight is 195 g/mol. The number of hydrogen-bond donors (Lipinski definition) is 1. The van der Waals surface area contributed by atoms with Crippen LogP contribution in [-0.4, -0.2) is 17.4 Å². The lowest BCUT2D eigenvalue weighted by atomic mass is 10.3. The van der Waals surface area contributed by atoms with Gasteiger partial charge in [-0.1, -0.05) is 0 Å². The largest absolute Gasteiger partial charge is 0.350 e. The molecule has 0 spiro atoms. The molecule has 4 nitrogen and oxygen atoms in total. The second-order valence-corrected chi connectivity index (χ2v) is 3.29. The van der Waals surface area contributed by atoms with E-state index in [2.05, 4.69) is 10.3 Å². The molecular formula is C8H9N3OS. The van der Waals surface area contributed by atoms with Gasteiger partial charge in [0, 0.05) is 6.54 Å². The van der Waals surface area contributed by atoms with Crippen molar-refractivity contribution in [3.63, 3.8) is 0 Å². The lowest BCUT2D eigenvalue weighted by Gasteiger charge is -1.99. The minimum absolute atomic E-state index is 0.143. The summed E-state index contributed by atoms with van der Waals surface area (Å²) in [4.78, 5) is 15.9. The van der Waals surface area contributed by atoms with Gasteiger partial charge in [0.15, 0.2) is 0 Å². The average Bonchev–Trinajstić information content (AvgIpc) is 2.52. The van der Waals surface area contributed by atoms with Crippen molar-refractivity contribution in [1.29, 1.82) is 5.26 Å². The van der Waals surface area contributed by atoms with Crippen molar-refractivity contribution >= 4 is 17.2 Å². The van der Waals surface area contributed by atoms with E-state index >= 15 is 0 Å². The first-order chi connectivity index (χ1) is 6.25. The molecule has 1 heterocycles. The molecule has 1 rings (SSSR count). The van der Waals surface area contributed by atoms with Crippen molar-refractivity contribution < 1.29 is 4.79 Å². The van der Waals surface area contributed by atoms with Crippen molar-refractivity contribution in [2.24, 2.45) is 0 Å². The molecule has 1 aromatic heterocycles. The van der Waals surface area contributed by atoms with Crippen LogP contribution in [0.2, 0.25) is 0 Å². The van der Waals surface area contributed by atoms with Crippen LogP contribution in [0.5, 0.6) is 0 Å². The minimum atomic E-state index is -0.143. The van der Waals surface area contributed by atoms with Crippen LogP contribution in [0.1, 0.15) is 21.8 Å². The molecule has 0 aliphatic rings. The summed E-state index contributed by atoms with van der Waals surface area (Å²) >= 11 is 1.31. The summed E-state index contributed by atoms with van der Waals surface area (Å²) in [5, 5.41) is 10.9. The van der Waals surface area contributed by atoms with Gasteiger partial charge in [-0.25, -0.2) is 4.98 Å². The van der Waals surface area contributed by atoms with Crippen molar-refractivity contribution in [2.45, 2.75) is 13.3 Å². The Kier molecular flexibility index (Phi) is 3.41. The van der Waals surface area contributed by atoms with Gasteiger partial charge in [0.1, 0.15) is 4.88 Å². The standard InChI is InChI=1S/C8H9N3OS/c1-6-7(13-5-11-6)8(12)10-4-2-3-9/h5H,2,4H2,1H3,(H,10,12). The molecule has 0 bridgehead atoms. The summed E-state index contributed by atoms with van der Waals surface area (Å²) in [5.74, 6) is -0.143. The van der Waals surface area contributed by atoms with E-state index in [4.69, 9.17) is 5.26 Å². The second-order valence-electron chi connectivity index (χ2n) is 2.43. The van der Waals surface area contributed by atoms with Gasteiger partial charge in [-0.15, -0.1) is 11.3 Å². The van der Waals surface area contributed by atoms with E-state index < -0.39 is 0 Å².